The molecule has 1 aromatic rings. The van der Waals surface area contributed by atoms with E-state index in [9.17, 15) is 9.59 Å². The standard InChI is InChI=1S/C20H27N3O2/c1-4-17-11-15(7-9-21-17)19(24)22-12-16-5-6-18(13-22)23(20(16)25)10-8-14(2)3/h7-9,11,16,18H,4-6,10,12-13H2,1-3H3/t16-,18+/m1/s1. The molecule has 0 saturated carbocycles. The van der Waals surface area contributed by atoms with Crippen LogP contribution in [0.2, 0.25) is 0 Å². The van der Waals surface area contributed by atoms with E-state index in [1.165, 1.54) is 5.57 Å². The summed E-state index contributed by atoms with van der Waals surface area (Å²) in [6.07, 6.45) is 6.47. The summed E-state index contributed by atoms with van der Waals surface area (Å²) in [4.78, 5) is 33.9. The van der Waals surface area contributed by atoms with Gasteiger partial charge >= 0.3 is 0 Å². The molecule has 25 heavy (non-hydrogen) atoms. The number of allylic oxidation sites excluding steroid dienone is 1. The summed E-state index contributed by atoms with van der Waals surface area (Å²) in [5.41, 5.74) is 2.81. The molecule has 0 N–H and O–H groups in total. The summed E-state index contributed by atoms with van der Waals surface area (Å²) in [7, 11) is 0. The molecule has 3 aliphatic heterocycles. The maximum Gasteiger partial charge on any atom is 0.254 e. The summed E-state index contributed by atoms with van der Waals surface area (Å²) < 4.78 is 0. The van der Waals surface area contributed by atoms with Crippen LogP contribution in [0, 0.1) is 5.92 Å². The molecule has 3 saturated heterocycles. The van der Waals surface area contributed by atoms with Crippen LogP contribution >= 0.6 is 0 Å². The van der Waals surface area contributed by atoms with E-state index in [0.717, 1.165) is 25.0 Å². The predicted octanol–water partition coefficient (Wildman–Crippen LogP) is 2.67. The molecule has 3 aliphatic rings. The SMILES string of the molecule is CCc1cc(C(=O)N2C[C@H]3CC[C@@H](C2)N(CC=C(C)C)C3=O)ccn1. The van der Waals surface area contributed by atoms with Gasteiger partial charge in [-0.1, -0.05) is 18.6 Å². The number of pyridine rings is 1. The van der Waals surface area contributed by atoms with Crippen molar-refractivity contribution in [3.05, 3.63) is 41.2 Å². The number of rotatable bonds is 4. The Balaban J connectivity index is 1.80. The van der Waals surface area contributed by atoms with Crippen molar-refractivity contribution in [3.63, 3.8) is 0 Å². The van der Waals surface area contributed by atoms with Gasteiger partial charge in [0.25, 0.3) is 5.91 Å². The number of carbonyl (C=O) groups excluding carboxylic acids is 2. The van der Waals surface area contributed by atoms with E-state index in [2.05, 4.69) is 11.1 Å². The van der Waals surface area contributed by atoms with Gasteiger partial charge in [0.1, 0.15) is 0 Å². The molecular formula is C20H27N3O2. The van der Waals surface area contributed by atoms with Gasteiger partial charge in [-0.2, -0.15) is 0 Å². The molecule has 0 unspecified atom stereocenters. The zero-order valence-corrected chi connectivity index (χ0v) is 15.4. The molecule has 0 aliphatic carbocycles. The zero-order chi connectivity index (χ0) is 18.0. The maximum atomic E-state index is 13.0. The Hall–Kier alpha value is -2.17. The molecule has 0 radical (unpaired) electrons. The van der Waals surface area contributed by atoms with E-state index < -0.39 is 0 Å². The fourth-order valence-electron chi connectivity index (χ4n) is 3.71. The van der Waals surface area contributed by atoms with Crippen LogP contribution in [0.4, 0.5) is 0 Å². The lowest BCUT2D eigenvalue weighted by atomic mass is 9.94. The number of aryl methyl sites for hydroxylation is 1. The van der Waals surface area contributed by atoms with Crippen molar-refractivity contribution in [2.75, 3.05) is 19.6 Å². The summed E-state index contributed by atoms with van der Waals surface area (Å²) >= 11 is 0. The summed E-state index contributed by atoms with van der Waals surface area (Å²) in [6.45, 7) is 7.93. The third-order valence-electron chi connectivity index (χ3n) is 5.20. The number of fused-ring (bicyclic) bond motifs is 4. The second-order valence-electron chi connectivity index (χ2n) is 7.30. The molecule has 3 fully saturated rings. The number of piperidine rings is 1. The van der Waals surface area contributed by atoms with Gasteiger partial charge in [-0.15, -0.1) is 0 Å². The molecule has 4 rings (SSSR count). The smallest absolute Gasteiger partial charge is 0.254 e. The second-order valence-corrected chi connectivity index (χ2v) is 7.30. The van der Waals surface area contributed by atoms with Crippen LogP contribution in [0.3, 0.4) is 0 Å². The van der Waals surface area contributed by atoms with Crippen molar-refractivity contribution in [3.8, 4) is 0 Å². The fourth-order valence-corrected chi connectivity index (χ4v) is 3.71. The molecule has 0 spiro atoms. The Kier molecular flexibility index (Phi) is 5.21. The van der Waals surface area contributed by atoms with Crippen LogP contribution in [-0.2, 0) is 11.2 Å². The van der Waals surface area contributed by atoms with Crippen molar-refractivity contribution >= 4 is 11.8 Å². The molecule has 2 atom stereocenters. The normalized spacial score (nSPS) is 22.8. The van der Waals surface area contributed by atoms with Crippen molar-refractivity contribution < 1.29 is 9.59 Å². The maximum absolute atomic E-state index is 13.0. The van der Waals surface area contributed by atoms with Gasteiger partial charge in [0, 0.05) is 43.1 Å². The fraction of sp³-hybridized carbons (Fsp3) is 0.550. The number of carbonyl (C=O) groups is 2. The Labute approximate surface area is 149 Å². The van der Waals surface area contributed by atoms with Crippen LogP contribution in [-0.4, -0.2) is 52.3 Å². The van der Waals surface area contributed by atoms with Gasteiger partial charge in [0.2, 0.25) is 5.91 Å². The Morgan fingerprint density at radius 1 is 1.32 bits per heavy atom. The highest BCUT2D eigenvalue weighted by atomic mass is 16.2. The topological polar surface area (TPSA) is 53.5 Å². The second kappa shape index (κ2) is 7.38. The van der Waals surface area contributed by atoms with Crippen LogP contribution in [0.5, 0.6) is 0 Å². The van der Waals surface area contributed by atoms with E-state index in [0.29, 0.717) is 25.2 Å². The van der Waals surface area contributed by atoms with Crippen LogP contribution < -0.4 is 0 Å². The summed E-state index contributed by atoms with van der Waals surface area (Å²) in [5.74, 6) is 0.152. The lowest BCUT2D eigenvalue weighted by Crippen LogP contribution is -2.48. The molecule has 5 nitrogen and oxygen atoms in total. The first-order valence-electron chi connectivity index (χ1n) is 9.17. The first-order chi connectivity index (χ1) is 12.0. The van der Waals surface area contributed by atoms with E-state index >= 15 is 0 Å². The molecule has 2 bridgehead atoms. The van der Waals surface area contributed by atoms with Crippen molar-refractivity contribution in [2.24, 2.45) is 5.92 Å². The van der Waals surface area contributed by atoms with E-state index in [1.54, 1.807) is 12.3 Å². The van der Waals surface area contributed by atoms with Gasteiger partial charge in [-0.05, 0) is 45.2 Å². The van der Waals surface area contributed by atoms with Crippen LogP contribution in [0.1, 0.15) is 49.7 Å². The van der Waals surface area contributed by atoms with Crippen LogP contribution in [0.25, 0.3) is 0 Å². The van der Waals surface area contributed by atoms with Gasteiger partial charge in [0.15, 0.2) is 0 Å². The van der Waals surface area contributed by atoms with Gasteiger partial charge in [-0.25, -0.2) is 0 Å². The van der Waals surface area contributed by atoms with Crippen molar-refractivity contribution in [1.29, 1.82) is 0 Å². The molecule has 5 heteroatoms. The largest absolute Gasteiger partial charge is 0.336 e. The number of nitrogens with zero attached hydrogens (tertiary/aromatic N) is 3. The number of aromatic nitrogens is 1. The quantitative estimate of drug-likeness (QED) is 0.791. The van der Waals surface area contributed by atoms with Gasteiger partial charge in [-0.3, -0.25) is 14.6 Å². The van der Waals surface area contributed by atoms with Crippen molar-refractivity contribution in [1.82, 2.24) is 14.8 Å². The molecule has 134 valence electrons. The molecule has 1 aromatic heterocycles. The highest BCUT2D eigenvalue weighted by molar-refractivity contribution is 5.95. The van der Waals surface area contributed by atoms with E-state index in [4.69, 9.17) is 0 Å². The van der Waals surface area contributed by atoms with E-state index in [1.807, 2.05) is 36.6 Å². The van der Waals surface area contributed by atoms with Crippen LogP contribution in [0.15, 0.2) is 30.0 Å². The Bertz CT molecular complexity index is 694. The zero-order valence-electron chi connectivity index (χ0n) is 15.4. The summed E-state index contributed by atoms with van der Waals surface area (Å²) in [6, 6.07) is 3.77. The number of amides is 2. The third-order valence-corrected chi connectivity index (χ3v) is 5.20. The average molecular weight is 341 g/mol. The average Bonchev–Trinajstić information content (AvgIpc) is 2.90. The van der Waals surface area contributed by atoms with Gasteiger partial charge in [0.05, 0.1) is 5.92 Å². The van der Waals surface area contributed by atoms with E-state index in [-0.39, 0.29) is 23.8 Å². The predicted molar refractivity (Wildman–Crippen MR) is 97.2 cm³/mol. The highest BCUT2D eigenvalue weighted by Crippen LogP contribution is 2.30. The first-order valence-corrected chi connectivity index (χ1v) is 9.17. The lowest BCUT2D eigenvalue weighted by molar-refractivity contribution is -0.139. The summed E-state index contributed by atoms with van der Waals surface area (Å²) in [5, 5.41) is 0. The number of hydrogen-bond donors (Lipinski definition) is 0. The molecule has 2 amide bonds. The third kappa shape index (κ3) is 3.75. The first kappa shape index (κ1) is 17.6. The minimum absolute atomic E-state index is 0.0193. The highest BCUT2D eigenvalue weighted by Gasteiger charge is 2.41. The van der Waals surface area contributed by atoms with Gasteiger partial charge < -0.3 is 9.80 Å². The number of hydrogen-bond acceptors (Lipinski definition) is 3. The van der Waals surface area contributed by atoms with Crippen molar-refractivity contribution in [2.45, 2.75) is 46.1 Å². The lowest BCUT2D eigenvalue weighted by Gasteiger charge is -2.35. The molecule has 4 heterocycles. The molecule has 0 aromatic carbocycles. The Morgan fingerprint density at radius 3 is 2.84 bits per heavy atom. The monoisotopic (exact) mass is 341 g/mol. The Morgan fingerprint density at radius 2 is 2.12 bits per heavy atom. The minimum atomic E-state index is -0.0688. The molecular weight excluding hydrogens is 314 g/mol. The minimum Gasteiger partial charge on any atom is -0.336 e.